The summed E-state index contributed by atoms with van der Waals surface area (Å²) in [5.74, 6) is 3.50. The zero-order chi connectivity index (χ0) is 22.0. The van der Waals surface area contributed by atoms with Gasteiger partial charge in [0.2, 0.25) is 5.91 Å². The molecule has 0 radical (unpaired) electrons. The van der Waals surface area contributed by atoms with Crippen LogP contribution in [0.25, 0.3) is 0 Å². The number of carbonyl (C=O) groups is 2. The van der Waals surface area contributed by atoms with Crippen LogP contribution in [0.1, 0.15) is 78.6 Å². The third-order valence-corrected chi connectivity index (χ3v) is 10.6. The maximum atomic E-state index is 12.1. The third-order valence-electron chi connectivity index (χ3n) is 10.6. The lowest BCUT2D eigenvalue weighted by Crippen LogP contribution is -2.56. The number of nitrogens with one attached hydrogen (secondary N) is 1. The molecule has 0 aromatic heterocycles. The van der Waals surface area contributed by atoms with Crippen molar-refractivity contribution in [2.45, 2.75) is 90.6 Å². The third kappa shape index (κ3) is 3.37. The summed E-state index contributed by atoms with van der Waals surface area (Å²) in [5.41, 5.74) is 7.78. The SMILES string of the molecule is C[C@@H](N)C(=O)N[C@H]1CC[C@@]2(C)[C@H](CC[C@H]3C4CCC(C5=CC(=O)OC5)C4(C)CC[C@@H]32)C1. The number of hydrogen-bond acceptors (Lipinski definition) is 4. The molecule has 4 fully saturated rings. The molecule has 1 heterocycles. The van der Waals surface area contributed by atoms with Gasteiger partial charge in [-0.25, -0.2) is 4.79 Å². The van der Waals surface area contributed by atoms with E-state index >= 15 is 0 Å². The first-order valence-corrected chi connectivity index (χ1v) is 12.7. The molecule has 0 spiro atoms. The molecule has 0 aromatic carbocycles. The van der Waals surface area contributed by atoms with Crippen LogP contribution in [0.2, 0.25) is 0 Å². The number of rotatable bonds is 3. The highest BCUT2D eigenvalue weighted by Gasteiger charge is 2.60. The largest absolute Gasteiger partial charge is 0.458 e. The quantitative estimate of drug-likeness (QED) is 0.667. The summed E-state index contributed by atoms with van der Waals surface area (Å²) in [7, 11) is 0. The Labute approximate surface area is 186 Å². The fourth-order valence-electron chi connectivity index (χ4n) is 8.92. The number of fused-ring (bicyclic) bond motifs is 5. The van der Waals surface area contributed by atoms with Gasteiger partial charge in [-0.05, 0) is 111 Å². The first kappa shape index (κ1) is 21.5. The molecule has 4 aliphatic carbocycles. The number of nitrogens with two attached hydrogens (primary N) is 1. The Morgan fingerprint density at radius 2 is 1.84 bits per heavy atom. The minimum atomic E-state index is -0.425. The Morgan fingerprint density at radius 3 is 2.55 bits per heavy atom. The van der Waals surface area contributed by atoms with E-state index in [1.54, 1.807) is 13.0 Å². The van der Waals surface area contributed by atoms with Gasteiger partial charge < -0.3 is 15.8 Å². The van der Waals surface area contributed by atoms with Gasteiger partial charge in [0.25, 0.3) is 0 Å². The highest BCUT2D eigenvalue weighted by molar-refractivity contribution is 5.85. The number of ether oxygens (including phenoxy) is 1. The topological polar surface area (TPSA) is 81.4 Å². The lowest BCUT2D eigenvalue weighted by Gasteiger charge is -2.61. The van der Waals surface area contributed by atoms with Gasteiger partial charge in [-0.3, -0.25) is 4.79 Å². The summed E-state index contributed by atoms with van der Waals surface area (Å²) >= 11 is 0. The first-order chi connectivity index (χ1) is 14.7. The Hall–Kier alpha value is -1.36. The van der Waals surface area contributed by atoms with E-state index in [2.05, 4.69) is 19.2 Å². The Balaban J connectivity index is 1.31. The molecule has 9 atom stereocenters. The standard InChI is InChI=1S/C26H40N2O3/c1-15(27)24(30)28-18-8-10-25(2)17(13-18)4-5-19-21-7-6-20(16-12-23(29)31-14-16)26(21,3)11-9-22(19)25/h12,15,17-22H,4-11,13-14,27H2,1-3H3,(H,28,30)/t15-,17-,18+,19+,20?,21?,22+,25+,26?/m1/s1. The number of hydrogen-bond donors (Lipinski definition) is 2. The highest BCUT2D eigenvalue weighted by atomic mass is 16.5. The average molecular weight is 429 g/mol. The molecule has 5 heteroatoms. The van der Waals surface area contributed by atoms with Crippen molar-refractivity contribution in [3.63, 3.8) is 0 Å². The molecule has 0 saturated heterocycles. The van der Waals surface area contributed by atoms with Gasteiger partial charge in [0.1, 0.15) is 6.61 Å². The monoisotopic (exact) mass is 428 g/mol. The van der Waals surface area contributed by atoms with Crippen molar-refractivity contribution in [3.8, 4) is 0 Å². The van der Waals surface area contributed by atoms with Crippen LogP contribution in [0, 0.1) is 40.4 Å². The van der Waals surface area contributed by atoms with Gasteiger partial charge in [-0.15, -0.1) is 0 Å². The number of esters is 1. The minimum Gasteiger partial charge on any atom is -0.458 e. The molecule has 5 rings (SSSR count). The zero-order valence-corrected chi connectivity index (χ0v) is 19.5. The molecule has 172 valence electrons. The zero-order valence-electron chi connectivity index (χ0n) is 19.5. The Kier molecular flexibility index (Phi) is 5.27. The van der Waals surface area contributed by atoms with E-state index in [9.17, 15) is 9.59 Å². The molecule has 5 nitrogen and oxygen atoms in total. The van der Waals surface area contributed by atoms with Crippen molar-refractivity contribution < 1.29 is 14.3 Å². The minimum absolute atomic E-state index is 0.00334. The lowest BCUT2D eigenvalue weighted by atomic mass is 9.44. The van der Waals surface area contributed by atoms with Gasteiger partial charge >= 0.3 is 5.97 Å². The number of cyclic esters (lactones) is 1. The molecular weight excluding hydrogens is 388 g/mol. The van der Waals surface area contributed by atoms with Crippen molar-refractivity contribution in [1.29, 1.82) is 0 Å². The fourth-order valence-corrected chi connectivity index (χ4v) is 8.92. The van der Waals surface area contributed by atoms with Crippen molar-refractivity contribution in [1.82, 2.24) is 5.32 Å². The second kappa shape index (κ2) is 7.60. The van der Waals surface area contributed by atoms with Crippen LogP contribution in [-0.2, 0) is 14.3 Å². The van der Waals surface area contributed by atoms with E-state index in [0.29, 0.717) is 35.3 Å². The molecule has 0 bridgehead atoms. The van der Waals surface area contributed by atoms with E-state index in [-0.39, 0.29) is 11.9 Å². The summed E-state index contributed by atoms with van der Waals surface area (Å²) in [6, 6.07) is -0.129. The van der Waals surface area contributed by atoms with Gasteiger partial charge in [0.05, 0.1) is 6.04 Å². The van der Waals surface area contributed by atoms with Gasteiger partial charge in [-0.1, -0.05) is 13.8 Å². The summed E-state index contributed by atoms with van der Waals surface area (Å²) < 4.78 is 5.28. The molecule has 1 aliphatic heterocycles. The van der Waals surface area contributed by atoms with Crippen LogP contribution in [-0.4, -0.2) is 30.6 Å². The van der Waals surface area contributed by atoms with E-state index in [1.807, 2.05) is 0 Å². The molecule has 0 aromatic rings. The molecule has 3 unspecified atom stereocenters. The smallest absolute Gasteiger partial charge is 0.331 e. The van der Waals surface area contributed by atoms with E-state index < -0.39 is 6.04 Å². The van der Waals surface area contributed by atoms with Crippen LogP contribution in [0.4, 0.5) is 0 Å². The molecule has 3 N–H and O–H groups in total. The normalized spacial score (nSPS) is 47.5. The number of amides is 1. The molecule has 31 heavy (non-hydrogen) atoms. The molecular formula is C26H40N2O3. The van der Waals surface area contributed by atoms with Gasteiger partial charge in [0.15, 0.2) is 0 Å². The Bertz CT molecular complexity index is 792. The summed E-state index contributed by atoms with van der Waals surface area (Å²) in [5, 5.41) is 3.21. The average Bonchev–Trinajstić information content (AvgIpc) is 3.30. The van der Waals surface area contributed by atoms with E-state index in [4.69, 9.17) is 10.5 Å². The van der Waals surface area contributed by atoms with Gasteiger partial charge in [-0.2, -0.15) is 0 Å². The summed E-state index contributed by atoms with van der Waals surface area (Å²) in [6.07, 6.45) is 13.0. The summed E-state index contributed by atoms with van der Waals surface area (Å²) in [6.45, 7) is 7.38. The van der Waals surface area contributed by atoms with Crippen LogP contribution in [0.3, 0.4) is 0 Å². The van der Waals surface area contributed by atoms with E-state index in [0.717, 1.165) is 30.6 Å². The summed E-state index contributed by atoms with van der Waals surface area (Å²) in [4.78, 5) is 23.8. The second-order valence-electron chi connectivity index (χ2n) is 11.9. The van der Waals surface area contributed by atoms with Gasteiger partial charge in [0, 0.05) is 12.1 Å². The molecule has 5 aliphatic rings. The molecule has 1 amide bonds. The van der Waals surface area contributed by atoms with Crippen molar-refractivity contribution in [2.24, 2.45) is 46.2 Å². The first-order valence-electron chi connectivity index (χ1n) is 12.7. The number of carbonyl (C=O) groups excluding carboxylic acids is 2. The predicted molar refractivity (Wildman–Crippen MR) is 120 cm³/mol. The fraction of sp³-hybridized carbons (Fsp3) is 0.846. The van der Waals surface area contributed by atoms with Crippen LogP contribution in [0.15, 0.2) is 11.6 Å². The van der Waals surface area contributed by atoms with Crippen molar-refractivity contribution in [2.75, 3.05) is 6.61 Å². The van der Waals surface area contributed by atoms with Crippen LogP contribution >= 0.6 is 0 Å². The van der Waals surface area contributed by atoms with Crippen LogP contribution < -0.4 is 11.1 Å². The van der Waals surface area contributed by atoms with Crippen molar-refractivity contribution in [3.05, 3.63) is 11.6 Å². The second-order valence-corrected chi connectivity index (χ2v) is 11.9. The maximum absolute atomic E-state index is 12.1. The van der Waals surface area contributed by atoms with E-state index in [1.165, 1.54) is 50.5 Å². The van der Waals surface area contributed by atoms with Crippen LogP contribution in [0.5, 0.6) is 0 Å². The lowest BCUT2D eigenvalue weighted by molar-refractivity contribution is -0.135. The van der Waals surface area contributed by atoms with Crippen molar-refractivity contribution >= 4 is 11.9 Å². The predicted octanol–water partition coefficient (Wildman–Crippen LogP) is 3.96. The highest BCUT2D eigenvalue weighted by Crippen LogP contribution is 2.68. The Morgan fingerprint density at radius 1 is 1.10 bits per heavy atom. The maximum Gasteiger partial charge on any atom is 0.331 e. The molecule has 4 saturated carbocycles.